The molecular formula is C13H11NO4. The van der Waals surface area contributed by atoms with Crippen molar-refractivity contribution < 1.29 is 14.6 Å². The van der Waals surface area contributed by atoms with Gasteiger partial charge in [0.25, 0.3) is 5.56 Å². The second-order valence-electron chi connectivity index (χ2n) is 3.66. The average molecular weight is 245 g/mol. The van der Waals surface area contributed by atoms with Crippen LogP contribution in [0.1, 0.15) is 15.9 Å². The number of ether oxygens (including phenoxy) is 1. The Hall–Kier alpha value is -2.56. The summed E-state index contributed by atoms with van der Waals surface area (Å²) in [7, 11) is 1.50. The first-order chi connectivity index (χ1) is 8.58. The van der Waals surface area contributed by atoms with Crippen molar-refractivity contribution >= 4 is 22.9 Å². The van der Waals surface area contributed by atoms with E-state index in [2.05, 4.69) is 11.6 Å². The minimum Gasteiger partial charge on any atom is -0.497 e. The molecule has 0 aliphatic heterocycles. The summed E-state index contributed by atoms with van der Waals surface area (Å²) < 4.78 is 5.03. The molecule has 0 saturated carbocycles. The highest BCUT2D eigenvalue weighted by molar-refractivity contribution is 6.05. The number of hydrogen-bond donors (Lipinski definition) is 2. The normalized spacial score (nSPS) is 10.3. The Balaban J connectivity index is 2.95. The molecule has 18 heavy (non-hydrogen) atoms. The Kier molecular flexibility index (Phi) is 2.89. The zero-order valence-electron chi connectivity index (χ0n) is 9.69. The van der Waals surface area contributed by atoms with Crippen LogP contribution in [0.5, 0.6) is 5.75 Å². The van der Waals surface area contributed by atoms with E-state index in [0.29, 0.717) is 16.7 Å². The van der Waals surface area contributed by atoms with Crippen LogP contribution in [0.2, 0.25) is 0 Å². The summed E-state index contributed by atoms with van der Waals surface area (Å²) in [4.78, 5) is 25.6. The second kappa shape index (κ2) is 4.37. The topological polar surface area (TPSA) is 79.4 Å². The number of rotatable bonds is 3. The lowest BCUT2D eigenvalue weighted by Crippen LogP contribution is -2.16. The monoisotopic (exact) mass is 245 g/mol. The van der Waals surface area contributed by atoms with Gasteiger partial charge in [-0.15, -0.1) is 0 Å². The molecule has 0 fully saturated rings. The van der Waals surface area contributed by atoms with Crippen molar-refractivity contribution in [3.05, 3.63) is 46.3 Å². The molecule has 0 atom stereocenters. The number of fused-ring (bicyclic) bond motifs is 1. The SMILES string of the molecule is C=Cc1c(C(=O)O)c2ccc(OC)cc2[nH]c1=O. The maximum absolute atomic E-state index is 11.8. The van der Waals surface area contributed by atoms with E-state index in [1.54, 1.807) is 18.2 Å². The second-order valence-corrected chi connectivity index (χ2v) is 3.66. The molecule has 2 N–H and O–H groups in total. The average Bonchev–Trinajstić information content (AvgIpc) is 2.35. The summed E-state index contributed by atoms with van der Waals surface area (Å²) in [6.45, 7) is 3.47. The van der Waals surface area contributed by atoms with Crippen LogP contribution >= 0.6 is 0 Å². The van der Waals surface area contributed by atoms with Crippen LogP contribution in [0.15, 0.2) is 29.6 Å². The van der Waals surface area contributed by atoms with Gasteiger partial charge in [-0.25, -0.2) is 4.79 Å². The van der Waals surface area contributed by atoms with Gasteiger partial charge in [0.2, 0.25) is 0 Å². The Morgan fingerprint density at radius 1 is 1.50 bits per heavy atom. The number of H-pyrrole nitrogens is 1. The molecule has 0 bridgehead atoms. The van der Waals surface area contributed by atoms with Crippen molar-refractivity contribution in [3.8, 4) is 5.75 Å². The third-order valence-corrected chi connectivity index (χ3v) is 2.68. The third kappa shape index (κ3) is 1.75. The fourth-order valence-electron chi connectivity index (χ4n) is 1.85. The number of carboxylic acid groups (broad SMARTS) is 1. The molecule has 1 aromatic heterocycles. The summed E-state index contributed by atoms with van der Waals surface area (Å²) in [5.74, 6) is -0.619. The van der Waals surface area contributed by atoms with Gasteiger partial charge in [0, 0.05) is 11.5 Å². The highest BCUT2D eigenvalue weighted by Gasteiger charge is 2.16. The summed E-state index contributed by atoms with van der Waals surface area (Å²) in [6.07, 6.45) is 1.24. The highest BCUT2D eigenvalue weighted by atomic mass is 16.5. The number of aromatic nitrogens is 1. The van der Waals surface area contributed by atoms with E-state index in [0.717, 1.165) is 0 Å². The number of nitrogens with one attached hydrogen (secondary N) is 1. The first-order valence-electron chi connectivity index (χ1n) is 5.18. The minimum absolute atomic E-state index is 0.0496. The number of aromatic carboxylic acids is 1. The minimum atomic E-state index is -1.16. The molecular weight excluding hydrogens is 234 g/mol. The lowest BCUT2D eigenvalue weighted by molar-refractivity contribution is 0.0698. The summed E-state index contributed by atoms with van der Waals surface area (Å²) in [5, 5.41) is 9.66. The summed E-state index contributed by atoms with van der Waals surface area (Å²) in [5.41, 5.74) is -0.0583. The first kappa shape index (κ1) is 11.9. The van der Waals surface area contributed by atoms with Gasteiger partial charge >= 0.3 is 5.97 Å². The van der Waals surface area contributed by atoms with Gasteiger partial charge < -0.3 is 14.8 Å². The number of pyridine rings is 1. The van der Waals surface area contributed by atoms with Gasteiger partial charge in [-0.3, -0.25) is 4.79 Å². The number of aromatic amines is 1. The van der Waals surface area contributed by atoms with Crippen molar-refractivity contribution in [2.75, 3.05) is 7.11 Å². The van der Waals surface area contributed by atoms with Gasteiger partial charge in [-0.2, -0.15) is 0 Å². The zero-order chi connectivity index (χ0) is 13.3. The molecule has 0 spiro atoms. The number of methoxy groups -OCH3 is 1. The van der Waals surface area contributed by atoms with Gasteiger partial charge in [-0.05, 0) is 12.1 Å². The third-order valence-electron chi connectivity index (χ3n) is 2.68. The summed E-state index contributed by atoms with van der Waals surface area (Å²) in [6, 6.07) is 4.82. The largest absolute Gasteiger partial charge is 0.497 e. The first-order valence-corrected chi connectivity index (χ1v) is 5.18. The maximum atomic E-state index is 11.8. The van der Waals surface area contributed by atoms with Crippen LogP contribution in [0.3, 0.4) is 0 Å². The number of carboxylic acids is 1. The van der Waals surface area contributed by atoms with E-state index in [-0.39, 0.29) is 11.1 Å². The van der Waals surface area contributed by atoms with Crippen LogP contribution in [-0.4, -0.2) is 23.2 Å². The van der Waals surface area contributed by atoms with E-state index >= 15 is 0 Å². The van der Waals surface area contributed by atoms with Crippen LogP contribution in [0.4, 0.5) is 0 Å². The van der Waals surface area contributed by atoms with Crippen LogP contribution in [-0.2, 0) is 0 Å². The van der Waals surface area contributed by atoms with Gasteiger partial charge in [0.1, 0.15) is 5.75 Å². The van der Waals surface area contributed by atoms with Crippen molar-refractivity contribution in [2.45, 2.75) is 0 Å². The van der Waals surface area contributed by atoms with Gasteiger partial charge in [-0.1, -0.05) is 12.7 Å². The smallest absolute Gasteiger partial charge is 0.337 e. The van der Waals surface area contributed by atoms with E-state index in [4.69, 9.17) is 4.74 Å². The molecule has 0 aliphatic carbocycles. The standard InChI is InChI=1S/C13H11NO4/c1-3-8-11(13(16)17)9-5-4-7(18-2)6-10(9)14-12(8)15/h3-6H,1H2,2H3,(H,14,15)(H,16,17). The fraction of sp³-hybridized carbons (Fsp3) is 0.0769. The molecule has 0 amide bonds. The predicted molar refractivity (Wildman–Crippen MR) is 68.2 cm³/mol. The molecule has 5 heteroatoms. The van der Waals surface area contributed by atoms with Crippen molar-refractivity contribution in [2.24, 2.45) is 0 Å². The molecule has 5 nitrogen and oxygen atoms in total. The van der Waals surface area contributed by atoms with Crippen LogP contribution < -0.4 is 10.3 Å². The Morgan fingerprint density at radius 2 is 2.22 bits per heavy atom. The van der Waals surface area contributed by atoms with E-state index in [9.17, 15) is 14.7 Å². The number of hydrogen-bond acceptors (Lipinski definition) is 3. The Morgan fingerprint density at radius 3 is 2.78 bits per heavy atom. The van der Waals surface area contributed by atoms with Crippen molar-refractivity contribution in [1.29, 1.82) is 0 Å². The number of carbonyl (C=O) groups is 1. The van der Waals surface area contributed by atoms with Crippen LogP contribution in [0.25, 0.3) is 17.0 Å². The quantitative estimate of drug-likeness (QED) is 0.865. The van der Waals surface area contributed by atoms with E-state index < -0.39 is 11.5 Å². The Labute approximate surface area is 102 Å². The van der Waals surface area contributed by atoms with Crippen molar-refractivity contribution in [3.63, 3.8) is 0 Å². The van der Waals surface area contributed by atoms with E-state index in [1.807, 2.05) is 0 Å². The molecule has 0 unspecified atom stereocenters. The molecule has 0 radical (unpaired) electrons. The van der Waals surface area contributed by atoms with E-state index in [1.165, 1.54) is 13.2 Å². The number of benzene rings is 1. The maximum Gasteiger partial charge on any atom is 0.337 e. The van der Waals surface area contributed by atoms with Gasteiger partial charge in [0.15, 0.2) is 0 Å². The zero-order valence-corrected chi connectivity index (χ0v) is 9.69. The fourth-order valence-corrected chi connectivity index (χ4v) is 1.85. The molecule has 0 saturated heterocycles. The highest BCUT2D eigenvalue weighted by Crippen LogP contribution is 2.23. The van der Waals surface area contributed by atoms with Crippen molar-refractivity contribution in [1.82, 2.24) is 4.98 Å². The molecule has 2 rings (SSSR count). The summed E-state index contributed by atoms with van der Waals surface area (Å²) >= 11 is 0. The molecule has 92 valence electrons. The Bertz CT molecular complexity index is 700. The van der Waals surface area contributed by atoms with Gasteiger partial charge in [0.05, 0.1) is 23.8 Å². The molecule has 1 heterocycles. The lowest BCUT2D eigenvalue weighted by atomic mass is 10.0. The molecule has 0 aliphatic rings. The predicted octanol–water partition coefficient (Wildman–Crippen LogP) is 1.88. The molecule has 1 aromatic carbocycles. The lowest BCUT2D eigenvalue weighted by Gasteiger charge is -2.07. The van der Waals surface area contributed by atoms with Crippen LogP contribution in [0, 0.1) is 0 Å². The molecule has 2 aromatic rings.